The van der Waals surface area contributed by atoms with Gasteiger partial charge in [0.05, 0.1) is 10.6 Å². The van der Waals surface area contributed by atoms with E-state index < -0.39 is 10.0 Å². The third-order valence-electron chi connectivity index (χ3n) is 4.07. The van der Waals surface area contributed by atoms with E-state index in [1.165, 1.54) is 31.2 Å². The number of allylic oxidation sites excluding steroid dienone is 4. The molecule has 0 atom stereocenters. The first kappa shape index (κ1) is 20.8. The molecule has 6 nitrogen and oxygen atoms in total. The summed E-state index contributed by atoms with van der Waals surface area (Å²) in [6.45, 7) is 8.93. The fraction of sp³-hybridized carbons (Fsp3) is 0.350. The topological polar surface area (TPSA) is 92.7 Å². The number of ketones is 1. The van der Waals surface area contributed by atoms with Crippen molar-refractivity contribution in [2.75, 3.05) is 5.32 Å². The number of amides is 1. The molecule has 144 valence electrons. The number of rotatable bonds is 5. The SMILES string of the molecule is CC(=O)Nc1ccc(S(=O)(=O)N=C2C=C(C(C)C)C(=O)C(C(C)C)=C2)cc1. The molecule has 0 saturated heterocycles. The van der Waals surface area contributed by atoms with Crippen LogP contribution in [0.2, 0.25) is 0 Å². The van der Waals surface area contributed by atoms with E-state index in [4.69, 9.17) is 0 Å². The van der Waals surface area contributed by atoms with Gasteiger partial charge in [0.1, 0.15) is 0 Å². The van der Waals surface area contributed by atoms with Crippen LogP contribution in [0.1, 0.15) is 34.6 Å². The number of carbonyl (C=O) groups excluding carboxylic acids is 2. The maximum atomic E-state index is 12.7. The standard InChI is InChI=1S/C20H24N2O4S/c1-12(2)18-10-16(11-19(13(3)4)20(18)24)22-27(25,26)17-8-6-15(7-9-17)21-14(5)23/h6-13H,1-5H3,(H,21,23). The summed E-state index contributed by atoms with van der Waals surface area (Å²) in [7, 11) is -3.95. The molecule has 1 aliphatic rings. The summed E-state index contributed by atoms with van der Waals surface area (Å²) in [4.78, 5) is 23.6. The lowest BCUT2D eigenvalue weighted by Crippen LogP contribution is -2.21. The highest BCUT2D eigenvalue weighted by molar-refractivity contribution is 7.90. The van der Waals surface area contributed by atoms with Crippen LogP contribution in [-0.2, 0) is 19.6 Å². The van der Waals surface area contributed by atoms with E-state index >= 15 is 0 Å². The van der Waals surface area contributed by atoms with Crippen LogP contribution in [0.3, 0.4) is 0 Å². The third kappa shape index (κ3) is 5.01. The molecule has 0 heterocycles. The highest BCUT2D eigenvalue weighted by Gasteiger charge is 2.25. The fourth-order valence-corrected chi connectivity index (χ4v) is 3.64. The van der Waals surface area contributed by atoms with Gasteiger partial charge in [0.25, 0.3) is 10.0 Å². The molecule has 1 N–H and O–H groups in total. The molecule has 1 aromatic carbocycles. The van der Waals surface area contributed by atoms with Crippen LogP contribution < -0.4 is 5.32 Å². The zero-order chi connectivity index (χ0) is 20.4. The molecular formula is C20H24N2O4S. The fourth-order valence-electron chi connectivity index (χ4n) is 2.67. The normalized spacial score (nSPS) is 14.9. The minimum atomic E-state index is -3.95. The largest absolute Gasteiger partial charge is 0.326 e. The second kappa shape index (κ2) is 8.00. The zero-order valence-electron chi connectivity index (χ0n) is 16.1. The van der Waals surface area contributed by atoms with Gasteiger partial charge in [0.15, 0.2) is 5.78 Å². The van der Waals surface area contributed by atoms with Crippen LogP contribution in [0.15, 0.2) is 56.9 Å². The molecule has 0 fully saturated rings. The number of hydrogen-bond acceptors (Lipinski definition) is 4. The second-order valence-corrected chi connectivity index (χ2v) is 8.64. The molecule has 1 aliphatic carbocycles. The van der Waals surface area contributed by atoms with Gasteiger partial charge in [-0.25, -0.2) is 0 Å². The van der Waals surface area contributed by atoms with Crippen molar-refractivity contribution in [2.45, 2.75) is 39.5 Å². The average Bonchev–Trinajstić information content (AvgIpc) is 2.55. The second-order valence-electron chi connectivity index (χ2n) is 7.03. The van der Waals surface area contributed by atoms with E-state index in [1.54, 1.807) is 12.2 Å². The Labute approximate surface area is 160 Å². The van der Waals surface area contributed by atoms with Gasteiger partial charge in [-0.05, 0) is 48.3 Å². The molecule has 0 bridgehead atoms. The van der Waals surface area contributed by atoms with Gasteiger partial charge in [0.2, 0.25) is 5.91 Å². The van der Waals surface area contributed by atoms with E-state index in [0.717, 1.165) is 0 Å². The van der Waals surface area contributed by atoms with Gasteiger partial charge in [-0.3, -0.25) is 9.59 Å². The van der Waals surface area contributed by atoms with Gasteiger partial charge in [0, 0.05) is 23.8 Å². The lowest BCUT2D eigenvalue weighted by molar-refractivity contribution is -0.114. The first-order chi connectivity index (χ1) is 12.5. The number of hydrogen-bond donors (Lipinski definition) is 1. The third-order valence-corrected chi connectivity index (χ3v) is 5.39. The molecule has 7 heteroatoms. The maximum absolute atomic E-state index is 12.7. The number of Topliss-reactive ketones (excluding diaryl/α,β-unsaturated/α-hetero) is 1. The van der Waals surface area contributed by atoms with E-state index in [9.17, 15) is 18.0 Å². The molecular weight excluding hydrogens is 364 g/mol. The van der Waals surface area contributed by atoms with Crippen molar-refractivity contribution >= 4 is 33.1 Å². The predicted octanol–water partition coefficient (Wildman–Crippen LogP) is 3.52. The summed E-state index contributed by atoms with van der Waals surface area (Å²) >= 11 is 0. The van der Waals surface area contributed by atoms with Gasteiger partial charge >= 0.3 is 0 Å². The molecule has 0 aliphatic heterocycles. The Morgan fingerprint density at radius 2 is 1.44 bits per heavy atom. The van der Waals surface area contributed by atoms with Crippen LogP contribution in [0, 0.1) is 11.8 Å². The van der Waals surface area contributed by atoms with Gasteiger partial charge in [-0.2, -0.15) is 12.8 Å². The Kier molecular flexibility index (Phi) is 6.15. The van der Waals surface area contributed by atoms with Crippen LogP contribution in [-0.4, -0.2) is 25.8 Å². The number of nitrogens with one attached hydrogen (secondary N) is 1. The average molecular weight is 388 g/mol. The lowest BCUT2D eigenvalue weighted by atomic mass is 9.84. The van der Waals surface area contributed by atoms with Crippen molar-refractivity contribution in [3.8, 4) is 0 Å². The number of benzene rings is 1. The molecule has 0 aromatic heterocycles. The molecule has 0 saturated carbocycles. The summed E-state index contributed by atoms with van der Waals surface area (Å²) in [5.74, 6) is -0.374. The highest BCUT2D eigenvalue weighted by Crippen LogP contribution is 2.26. The Bertz CT molecular complexity index is 920. The van der Waals surface area contributed by atoms with Crippen molar-refractivity contribution in [2.24, 2.45) is 16.2 Å². The van der Waals surface area contributed by atoms with Crippen molar-refractivity contribution in [1.29, 1.82) is 0 Å². The number of anilines is 1. The molecule has 0 spiro atoms. The highest BCUT2D eigenvalue weighted by atomic mass is 32.2. The van der Waals surface area contributed by atoms with Crippen molar-refractivity contribution in [1.82, 2.24) is 0 Å². The first-order valence-corrected chi connectivity index (χ1v) is 10.2. The predicted molar refractivity (Wildman–Crippen MR) is 106 cm³/mol. The Morgan fingerprint density at radius 3 is 1.85 bits per heavy atom. The van der Waals surface area contributed by atoms with Crippen molar-refractivity contribution < 1.29 is 18.0 Å². The summed E-state index contributed by atoms with van der Waals surface area (Å²) in [6, 6.07) is 5.78. The Balaban J connectivity index is 2.44. The van der Waals surface area contributed by atoms with Gasteiger partial charge < -0.3 is 5.32 Å². The minimum absolute atomic E-state index is 0.0139. The van der Waals surface area contributed by atoms with E-state index in [0.29, 0.717) is 16.8 Å². The minimum Gasteiger partial charge on any atom is -0.326 e. The smallest absolute Gasteiger partial charge is 0.282 e. The zero-order valence-corrected chi connectivity index (χ0v) is 16.9. The molecule has 1 aromatic rings. The van der Waals surface area contributed by atoms with Crippen LogP contribution in [0.4, 0.5) is 5.69 Å². The summed E-state index contributed by atoms with van der Waals surface area (Å²) < 4.78 is 29.2. The van der Waals surface area contributed by atoms with E-state index in [1.807, 2.05) is 27.7 Å². The Morgan fingerprint density at radius 1 is 0.963 bits per heavy atom. The molecule has 27 heavy (non-hydrogen) atoms. The molecule has 2 rings (SSSR count). The molecule has 0 radical (unpaired) electrons. The summed E-state index contributed by atoms with van der Waals surface area (Å²) in [6.07, 6.45) is 3.09. The number of nitrogens with zero attached hydrogens (tertiary/aromatic N) is 1. The quantitative estimate of drug-likeness (QED) is 0.781. The van der Waals surface area contributed by atoms with E-state index in [2.05, 4.69) is 9.71 Å². The summed E-state index contributed by atoms with van der Waals surface area (Å²) in [5.41, 5.74) is 1.85. The maximum Gasteiger partial charge on any atom is 0.282 e. The summed E-state index contributed by atoms with van der Waals surface area (Å²) in [5, 5.41) is 2.58. The van der Waals surface area contributed by atoms with Gasteiger partial charge in [-0.1, -0.05) is 27.7 Å². The van der Waals surface area contributed by atoms with Crippen LogP contribution in [0.5, 0.6) is 0 Å². The number of sulfonamides is 1. The van der Waals surface area contributed by atoms with Crippen molar-refractivity contribution in [3.63, 3.8) is 0 Å². The Hall–Kier alpha value is -2.54. The van der Waals surface area contributed by atoms with E-state index in [-0.39, 0.29) is 34.1 Å². The lowest BCUT2D eigenvalue weighted by Gasteiger charge is -2.20. The monoisotopic (exact) mass is 388 g/mol. The molecule has 1 amide bonds. The van der Waals surface area contributed by atoms with Gasteiger partial charge in [-0.15, -0.1) is 0 Å². The number of carbonyl (C=O) groups is 2. The van der Waals surface area contributed by atoms with Crippen LogP contribution in [0.25, 0.3) is 0 Å². The van der Waals surface area contributed by atoms with Crippen molar-refractivity contribution in [3.05, 3.63) is 47.6 Å². The first-order valence-electron chi connectivity index (χ1n) is 8.71. The van der Waals surface area contributed by atoms with Crippen LogP contribution >= 0.6 is 0 Å². The molecule has 0 unspecified atom stereocenters.